The molecule has 0 spiro atoms. The number of amides is 1. The van der Waals surface area contributed by atoms with E-state index in [2.05, 4.69) is 24.1 Å². The van der Waals surface area contributed by atoms with Crippen LogP contribution in [0.2, 0.25) is 0 Å². The van der Waals surface area contributed by atoms with E-state index in [9.17, 15) is 4.79 Å². The molecular formula is C18H30N2O3. The minimum Gasteiger partial charge on any atom is -0.477 e. The molecule has 1 atom stereocenters. The second kappa shape index (κ2) is 9.50. The van der Waals surface area contributed by atoms with Crippen molar-refractivity contribution >= 4 is 11.6 Å². The van der Waals surface area contributed by atoms with Crippen molar-refractivity contribution in [1.29, 1.82) is 0 Å². The molecule has 0 aliphatic heterocycles. The lowest BCUT2D eigenvalue weighted by molar-refractivity contribution is -0.139. The maximum atomic E-state index is 12.6. The molecule has 23 heavy (non-hydrogen) atoms. The highest BCUT2D eigenvalue weighted by Crippen LogP contribution is 2.23. The van der Waals surface area contributed by atoms with Crippen LogP contribution in [-0.2, 0) is 9.53 Å². The van der Waals surface area contributed by atoms with Crippen LogP contribution in [0.3, 0.4) is 0 Å². The summed E-state index contributed by atoms with van der Waals surface area (Å²) >= 11 is 0. The predicted octanol–water partition coefficient (Wildman–Crippen LogP) is 4.10. The molecule has 0 aliphatic carbocycles. The number of anilines is 1. The molecular weight excluding hydrogens is 292 g/mol. The Morgan fingerprint density at radius 2 is 2.04 bits per heavy atom. The highest BCUT2D eigenvalue weighted by atomic mass is 16.5. The third-order valence-electron chi connectivity index (χ3n) is 3.68. The maximum Gasteiger partial charge on any atom is 0.256 e. The average Bonchev–Trinajstić information content (AvgIpc) is 2.52. The van der Waals surface area contributed by atoms with Crippen LogP contribution in [-0.4, -0.2) is 29.7 Å². The van der Waals surface area contributed by atoms with Gasteiger partial charge in [0.05, 0.1) is 18.5 Å². The summed E-state index contributed by atoms with van der Waals surface area (Å²) in [5.74, 6) is 0.486. The standard InChI is InChI=1S/C18H30N2O3/c1-6-9-10-18(5,23-8-3)17(21)20-15-12-14(4)16(19-13-15)22-11-7-2/h12-13H,6-11H2,1-5H3,(H,20,21)/t18-/m0/s1. The number of pyridine rings is 1. The quantitative estimate of drug-likeness (QED) is 0.704. The van der Waals surface area contributed by atoms with Crippen molar-refractivity contribution < 1.29 is 14.3 Å². The molecule has 5 heteroatoms. The Bertz CT molecular complexity index is 505. The van der Waals surface area contributed by atoms with E-state index in [0.29, 0.717) is 31.2 Å². The number of carbonyl (C=O) groups is 1. The smallest absolute Gasteiger partial charge is 0.256 e. The fourth-order valence-electron chi connectivity index (χ4n) is 2.33. The van der Waals surface area contributed by atoms with Crippen LogP contribution in [0, 0.1) is 6.92 Å². The number of aromatic nitrogens is 1. The molecule has 1 aromatic rings. The number of carbonyl (C=O) groups excluding carboxylic acids is 1. The number of hydrogen-bond donors (Lipinski definition) is 1. The first-order valence-corrected chi connectivity index (χ1v) is 8.51. The summed E-state index contributed by atoms with van der Waals surface area (Å²) in [6.07, 6.45) is 5.24. The molecule has 0 radical (unpaired) electrons. The number of hydrogen-bond acceptors (Lipinski definition) is 4. The van der Waals surface area contributed by atoms with Crippen molar-refractivity contribution in [1.82, 2.24) is 4.98 Å². The molecule has 0 bridgehead atoms. The SMILES string of the molecule is CCCC[C@](C)(OCC)C(=O)Nc1cnc(OCCC)c(C)c1. The van der Waals surface area contributed by atoms with Crippen LogP contribution in [0.15, 0.2) is 12.3 Å². The zero-order valence-electron chi connectivity index (χ0n) is 15.1. The molecule has 0 unspecified atom stereocenters. The van der Waals surface area contributed by atoms with E-state index in [-0.39, 0.29) is 5.91 Å². The third kappa shape index (κ3) is 5.82. The zero-order chi connectivity index (χ0) is 17.3. The average molecular weight is 322 g/mol. The van der Waals surface area contributed by atoms with Crippen molar-refractivity contribution in [3.05, 3.63) is 17.8 Å². The van der Waals surface area contributed by atoms with Gasteiger partial charge >= 0.3 is 0 Å². The van der Waals surface area contributed by atoms with Gasteiger partial charge < -0.3 is 14.8 Å². The topological polar surface area (TPSA) is 60.5 Å². The van der Waals surface area contributed by atoms with E-state index in [1.54, 1.807) is 6.20 Å². The van der Waals surface area contributed by atoms with Gasteiger partial charge in [0.15, 0.2) is 0 Å². The van der Waals surface area contributed by atoms with Crippen molar-refractivity contribution in [2.75, 3.05) is 18.5 Å². The molecule has 1 N–H and O–H groups in total. The van der Waals surface area contributed by atoms with Crippen LogP contribution >= 0.6 is 0 Å². The summed E-state index contributed by atoms with van der Waals surface area (Å²) in [6.45, 7) is 11.0. The minimum atomic E-state index is -0.809. The molecule has 1 aromatic heterocycles. The van der Waals surface area contributed by atoms with Gasteiger partial charge in [0, 0.05) is 12.2 Å². The van der Waals surface area contributed by atoms with Crippen molar-refractivity contribution in [2.45, 2.75) is 65.9 Å². The predicted molar refractivity (Wildman–Crippen MR) is 92.9 cm³/mol. The number of nitrogens with one attached hydrogen (secondary N) is 1. The third-order valence-corrected chi connectivity index (χ3v) is 3.68. The highest BCUT2D eigenvalue weighted by molar-refractivity contribution is 5.97. The van der Waals surface area contributed by atoms with E-state index in [1.165, 1.54) is 0 Å². The van der Waals surface area contributed by atoms with Gasteiger partial charge in [-0.2, -0.15) is 0 Å². The molecule has 1 rings (SSSR count). The van der Waals surface area contributed by atoms with Gasteiger partial charge in [0.25, 0.3) is 5.91 Å². The second-order valence-electron chi connectivity index (χ2n) is 5.92. The van der Waals surface area contributed by atoms with E-state index < -0.39 is 5.60 Å². The van der Waals surface area contributed by atoms with Gasteiger partial charge in [-0.1, -0.05) is 26.7 Å². The number of ether oxygens (including phenoxy) is 2. The normalized spacial score (nSPS) is 13.4. The first kappa shape index (κ1) is 19.4. The fraction of sp³-hybridized carbons (Fsp3) is 0.667. The summed E-state index contributed by atoms with van der Waals surface area (Å²) in [7, 11) is 0. The van der Waals surface area contributed by atoms with Crippen LogP contribution < -0.4 is 10.1 Å². The van der Waals surface area contributed by atoms with E-state index in [1.807, 2.05) is 26.8 Å². The lowest BCUT2D eigenvalue weighted by Gasteiger charge is -2.28. The maximum absolute atomic E-state index is 12.6. The van der Waals surface area contributed by atoms with Gasteiger partial charge in [0.1, 0.15) is 5.60 Å². The van der Waals surface area contributed by atoms with Crippen molar-refractivity contribution in [3.63, 3.8) is 0 Å². The second-order valence-corrected chi connectivity index (χ2v) is 5.92. The number of rotatable bonds is 10. The summed E-state index contributed by atoms with van der Waals surface area (Å²) in [5.41, 5.74) is 0.762. The Kier molecular flexibility index (Phi) is 8.03. The van der Waals surface area contributed by atoms with Gasteiger partial charge in [-0.25, -0.2) is 4.98 Å². The van der Waals surface area contributed by atoms with Crippen LogP contribution in [0.25, 0.3) is 0 Å². The van der Waals surface area contributed by atoms with Crippen LogP contribution in [0.5, 0.6) is 5.88 Å². The summed E-state index contributed by atoms with van der Waals surface area (Å²) in [5, 5.41) is 2.92. The minimum absolute atomic E-state index is 0.128. The van der Waals surface area contributed by atoms with Crippen LogP contribution in [0.1, 0.15) is 58.9 Å². The molecule has 0 aliphatic rings. The Labute approximate surface area is 139 Å². The number of aryl methyl sites for hydroxylation is 1. The number of nitrogens with zero attached hydrogens (tertiary/aromatic N) is 1. The van der Waals surface area contributed by atoms with Gasteiger partial charge in [-0.3, -0.25) is 4.79 Å². The van der Waals surface area contributed by atoms with Gasteiger partial charge in [-0.15, -0.1) is 0 Å². The first-order chi connectivity index (χ1) is 11.0. The molecule has 130 valence electrons. The fourth-order valence-corrected chi connectivity index (χ4v) is 2.33. The Morgan fingerprint density at radius 3 is 2.61 bits per heavy atom. The Hall–Kier alpha value is -1.62. The molecule has 0 aromatic carbocycles. The Balaban J connectivity index is 2.79. The van der Waals surface area contributed by atoms with E-state index >= 15 is 0 Å². The van der Waals surface area contributed by atoms with Crippen molar-refractivity contribution in [3.8, 4) is 5.88 Å². The summed E-state index contributed by atoms with van der Waals surface area (Å²) in [6, 6.07) is 1.88. The molecule has 0 saturated carbocycles. The molecule has 1 amide bonds. The number of unbranched alkanes of at least 4 members (excludes halogenated alkanes) is 1. The molecule has 1 heterocycles. The van der Waals surface area contributed by atoms with Gasteiger partial charge in [0.2, 0.25) is 5.88 Å². The Morgan fingerprint density at radius 1 is 1.30 bits per heavy atom. The first-order valence-electron chi connectivity index (χ1n) is 8.51. The summed E-state index contributed by atoms with van der Waals surface area (Å²) in [4.78, 5) is 16.9. The van der Waals surface area contributed by atoms with E-state index in [0.717, 1.165) is 24.8 Å². The lowest BCUT2D eigenvalue weighted by atomic mass is 9.97. The van der Waals surface area contributed by atoms with E-state index in [4.69, 9.17) is 9.47 Å². The highest BCUT2D eigenvalue weighted by Gasteiger charge is 2.33. The molecule has 0 saturated heterocycles. The lowest BCUT2D eigenvalue weighted by Crippen LogP contribution is -2.42. The largest absolute Gasteiger partial charge is 0.477 e. The zero-order valence-corrected chi connectivity index (χ0v) is 15.1. The van der Waals surface area contributed by atoms with Gasteiger partial charge in [-0.05, 0) is 39.7 Å². The molecule has 0 fully saturated rings. The van der Waals surface area contributed by atoms with Crippen LogP contribution in [0.4, 0.5) is 5.69 Å². The summed E-state index contributed by atoms with van der Waals surface area (Å²) < 4.78 is 11.3. The monoisotopic (exact) mass is 322 g/mol. The van der Waals surface area contributed by atoms with Crippen molar-refractivity contribution in [2.24, 2.45) is 0 Å². The molecule has 5 nitrogen and oxygen atoms in total.